The van der Waals surface area contributed by atoms with Gasteiger partial charge in [-0.15, -0.1) is 0 Å². The fraction of sp³-hybridized carbons (Fsp3) is 0.900. The van der Waals surface area contributed by atoms with Crippen LogP contribution in [0.15, 0.2) is 0 Å². The maximum atomic E-state index is 11.3. The van der Waals surface area contributed by atoms with Crippen molar-refractivity contribution >= 4 is 5.97 Å². The summed E-state index contributed by atoms with van der Waals surface area (Å²) in [5.74, 6) is 0.175. The van der Waals surface area contributed by atoms with Gasteiger partial charge in [-0.2, -0.15) is 0 Å². The molecule has 1 unspecified atom stereocenters. The van der Waals surface area contributed by atoms with Gasteiger partial charge in [0.15, 0.2) is 0 Å². The van der Waals surface area contributed by atoms with E-state index in [1.54, 1.807) is 0 Å². The summed E-state index contributed by atoms with van der Waals surface area (Å²) in [5, 5.41) is 0. The summed E-state index contributed by atoms with van der Waals surface area (Å²) in [5.41, 5.74) is 5.47. The van der Waals surface area contributed by atoms with Gasteiger partial charge in [0.2, 0.25) is 0 Å². The van der Waals surface area contributed by atoms with Crippen LogP contribution < -0.4 is 5.73 Å². The third-order valence-corrected chi connectivity index (χ3v) is 3.59. The summed E-state index contributed by atoms with van der Waals surface area (Å²) < 4.78 is 5.50. The SMILES string of the molecule is CN1CCC2(CC1)OC(=O)CC2CN. The lowest BCUT2D eigenvalue weighted by Gasteiger charge is -2.39. The molecule has 4 heteroatoms. The normalized spacial score (nSPS) is 32.1. The van der Waals surface area contributed by atoms with Gasteiger partial charge in [-0.1, -0.05) is 0 Å². The van der Waals surface area contributed by atoms with Crippen LogP contribution in [0.2, 0.25) is 0 Å². The van der Waals surface area contributed by atoms with E-state index in [-0.39, 0.29) is 17.5 Å². The number of hydrogen-bond donors (Lipinski definition) is 1. The summed E-state index contributed by atoms with van der Waals surface area (Å²) in [6, 6.07) is 0. The number of carbonyl (C=O) groups excluding carboxylic acids is 1. The molecule has 80 valence electrons. The molecule has 2 N–H and O–H groups in total. The number of ether oxygens (including phenoxy) is 1. The molecular formula is C10H18N2O2. The molecule has 0 aromatic carbocycles. The first-order valence-corrected chi connectivity index (χ1v) is 5.27. The number of nitrogens with two attached hydrogens (primary N) is 1. The van der Waals surface area contributed by atoms with Crippen LogP contribution in [0.3, 0.4) is 0 Å². The Morgan fingerprint density at radius 2 is 2.21 bits per heavy atom. The summed E-state index contributed by atoms with van der Waals surface area (Å²) in [4.78, 5) is 13.5. The van der Waals surface area contributed by atoms with Crippen LogP contribution >= 0.6 is 0 Å². The largest absolute Gasteiger partial charge is 0.459 e. The van der Waals surface area contributed by atoms with Crippen LogP contribution in [-0.4, -0.2) is 43.2 Å². The number of nitrogens with zero attached hydrogens (tertiary/aromatic N) is 1. The van der Waals surface area contributed by atoms with Crippen molar-refractivity contribution < 1.29 is 9.53 Å². The van der Waals surface area contributed by atoms with Gasteiger partial charge < -0.3 is 15.4 Å². The van der Waals surface area contributed by atoms with Crippen molar-refractivity contribution in [3.05, 3.63) is 0 Å². The van der Waals surface area contributed by atoms with Crippen molar-refractivity contribution in [3.63, 3.8) is 0 Å². The molecule has 0 aromatic rings. The predicted octanol–water partition coefficient (Wildman–Crippen LogP) is -0.0274. The second-order valence-corrected chi connectivity index (χ2v) is 4.48. The van der Waals surface area contributed by atoms with Gasteiger partial charge in [-0.3, -0.25) is 4.79 Å². The average Bonchev–Trinajstić information content (AvgIpc) is 2.48. The molecular weight excluding hydrogens is 180 g/mol. The zero-order chi connectivity index (χ0) is 10.2. The molecule has 0 aromatic heterocycles. The van der Waals surface area contributed by atoms with Crippen molar-refractivity contribution in [2.24, 2.45) is 11.7 Å². The van der Waals surface area contributed by atoms with Crippen molar-refractivity contribution in [2.45, 2.75) is 24.9 Å². The van der Waals surface area contributed by atoms with Crippen molar-refractivity contribution in [1.82, 2.24) is 4.90 Å². The Labute approximate surface area is 84.4 Å². The number of hydrogen-bond acceptors (Lipinski definition) is 4. The highest BCUT2D eigenvalue weighted by Gasteiger charge is 2.49. The van der Waals surface area contributed by atoms with Crippen molar-refractivity contribution in [1.29, 1.82) is 0 Å². The van der Waals surface area contributed by atoms with Gasteiger partial charge in [-0.05, 0) is 13.6 Å². The second kappa shape index (κ2) is 3.51. The number of piperidine rings is 1. The fourth-order valence-electron chi connectivity index (χ4n) is 2.54. The van der Waals surface area contributed by atoms with Crippen LogP contribution in [0, 0.1) is 5.92 Å². The standard InChI is InChI=1S/C10H18N2O2/c1-12-4-2-10(3-5-12)8(7-11)6-9(13)14-10/h8H,2-7,11H2,1H3. The zero-order valence-corrected chi connectivity index (χ0v) is 8.66. The maximum absolute atomic E-state index is 11.3. The van der Waals surface area contributed by atoms with Crippen LogP contribution in [0.1, 0.15) is 19.3 Å². The first-order chi connectivity index (χ1) is 6.66. The van der Waals surface area contributed by atoms with E-state index in [9.17, 15) is 4.79 Å². The summed E-state index contributed by atoms with van der Waals surface area (Å²) in [6.07, 6.45) is 2.40. The minimum Gasteiger partial charge on any atom is -0.459 e. The monoisotopic (exact) mass is 198 g/mol. The molecule has 0 saturated carbocycles. The minimum absolute atomic E-state index is 0.0648. The lowest BCUT2D eigenvalue weighted by molar-refractivity contribution is -0.153. The highest BCUT2D eigenvalue weighted by atomic mass is 16.6. The van der Waals surface area contributed by atoms with Crippen molar-refractivity contribution in [2.75, 3.05) is 26.7 Å². The Hall–Kier alpha value is -0.610. The lowest BCUT2D eigenvalue weighted by atomic mass is 9.80. The Kier molecular flexibility index (Phi) is 2.49. The van der Waals surface area contributed by atoms with Crippen LogP contribution in [0.4, 0.5) is 0 Å². The average molecular weight is 198 g/mol. The summed E-state index contributed by atoms with van der Waals surface area (Å²) in [7, 11) is 2.10. The zero-order valence-electron chi connectivity index (χ0n) is 8.66. The van der Waals surface area contributed by atoms with Crippen molar-refractivity contribution in [3.8, 4) is 0 Å². The number of carbonyl (C=O) groups is 1. The van der Waals surface area contributed by atoms with Gasteiger partial charge >= 0.3 is 5.97 Å². The molecule has 2 aliphatic heterocycles. The Balaban J connectivity index is 2.10. The molecule has 2 saturated heterocycles. The molecule has 0 bridgehead atoms. The predicted molar refractivity (Wildman–Crippen MR) is 52.7 cm³/mol. The third-order valence-electron chi connectivity index (χ3n) is 3.59. The van der Waals surface area contributed by atoms with Gasteiger partial charge in [0, 0.05) is 31.8 Å². The molecule has 0 aliphatic carbocycles. The smallest absolute Gasteiger partial charge is 0.306 e. The molecule has 2 rings (SSSR count). The van der Waals surface area contributed by atoms with Gasteiger partial charge in [-0.25, -0.2) is 0 Å². The molecule has 1 spiro atoms. The van der Waals surface area contributed by atoms with Gasteiger partial charge in [0.1, 0.15) is 5.60 Å². The fourth-order valence-corrected chi connectivity index (χ4v) is 2.54. The van der Waals surface area contributed by atoms with Gasteiger partial charge in [0.25, 0.3) is 0 Å². The van der Waals surface area contributed by atoms with Crippen LogP contribution in [0.5, 0.6) is 0 Å². The molecule has 2 aliphatic rings. The summed E-state index contributed by atoms with van der Waals surface area (Å²) >= 11 is 0. The van der Waals surface area contributed by atoms with E-state index in [1.807, 2.05) is 0 Å². The van der Waals surface area contributed by atoms with Crippen LogP contribution in [0.25, 0.3) is 0 Å². The molecule has 0 amide bonds. The first-order valence-electron chi connectivity index (χ1n) is 5.27. The van der Waals surface area contributed by atoms with E-state index in [0.717, 1.165) is 25.9 Å². The Morgan fingerprint density at radius 1 is 1.57 bits per heavy atom. The molecule has 14 heavy (non-hydrogen) atoms. The van der Waals surface area contributed by atoms with Gasteiger partial charge in [0.05, 0.1) is 6.42 Å². The number of rotatable bonds is 1. The maximum Gasteiger partial charge on any atom is 0.306 e. The van der Waals surface area contributed by atoms with E-state index in [2.05, 4.69) is 11.9 Å². The van der Waals surface area contributed by atoms with Crippen LogP contribution in [-0.2, 0) is 9.53 Å². The molecule has 2 heterocycles. The quantitative estimate of drug-likeness (QED) is 0.601. The molecule has 1 atom stereocenters. The number of likely N-dealkylation sites (tertiary alicyclic amines) is 1. The van der Waals surface area contributed by atoms with E-state index in [1.165, 1.54) is 0 Å². The van der Waals surface area contributed by atoms with E-state index in [0.29, 0.717) is 13.0 Å². The third kappa shape index (κ3) is 1.53. The van der Waals surface area contributed by atoms with E-state index in [4.69, 9.17) is 10.5 Å². The second-order valence-electron chi connectivity index (χ2n) is 4.48. The highest BCUT2D eigenvalue weighted by molar-refractivity contribution is 5.73. The highest BCUT2D eigenvalue weighted by Crippen LogP contribution is 2.40. The first kappa shape index (κ1) is 9.93. The van der Waals surface area contributed by atoms with E-state index < -0.39 is 0 Å². The molecule has 4 nitrogen and oxygen atoms in total. The number of esters is 1. The summed E-state index contributed by atoms with van der Waals surface area (Å²) in [6.45, 7) is 2.57. The Morgan fingerprint density at radius 3 is 2.79 bits per heavy atom. The minimum atomic E-state index is -0.224. The molecule has 0 radical (unpaired) electrons. The Bertz CT molecular complexity index is 234. The lowest BCUT2D eigenvalue weighted by Crippen LogP contribution is -2.48. The topological polar surface area (TPSA) is 55.6 Å². The molecule has 2 fully saturated rings. The van der Waals surface area contributed by atoms with E-state index >= 15 is 0 Å².